The monoisotopic (exact) mass is 451 g/mol. The minimum absolute atomic E-state index is 0.0890. The molecule has 3 heterocycles. The molecule has 0 bridgehead atoms. The maximum atomic E-state index is 12.6. The van der Waals surface area contributed by atoms with E-state index in [4.69, 9.17) is 14.6 Å². The van der Waals surface area contributed by atoms with Gasteiger partial charge in [-0.1, -0.05) is 0 Å². The largest absolute Gasteiger partial charge is 0.490 e. The Morgan fingerprint density at radius 3 is 2.29 bits per heavy atom. The van der Waals surface area contributed by atoms with Crippen LogP contribution in [0.3, 0.4) is 0 Å². The second-order valence-electron chi connectivity index (χ2n) is 8.28. The van der Waals surface area contributed by atoms with E-state index in [9.17, 15) is 22.8 Å². The molecule has 1 N–H and O–H groups in total. The number of rotatable bonds is 5. The number of aliphatic carboxylic acids is 1. The van der Waals surface area contributed by atoms with Crippen LogP contribution in [0.15, 0.2) is 0 Å². The molecule has 1 spiro atoms. The van der Waals surface area contributed by atoms with Crippen LogP contribution in [-0.4, -0.2) is 102 Å². The maximum absolute atomic E-state index is 12.6. The summed E-state index contributed by atoms with van der Waals surface area (Å²) in [6, 6.07) is 0. The van der Waals surface area contributed by atoms with Gasteiger partial charge in [0.15, 0.2) is 0 Å². The Morgan fingerprint density at radius 1 is 1.06 bits per heavy atom. The highest BCUT2D eigenvalue weighted by Crippen LogP contribution is 2.39. The van der Waals surface area contributed by atoms with Gasteiger partial charge in [-0.15, -0.1) is 0 Å². The number of ether oxygens (including phenoxy) is 1. The van der Waals surface area contributed by atoms with Crippen molar-refractivity contribution in [2.24, 2.45) is 0 Å². The number of halogens is 3. The quantitative estimate of drug-likeness (QED) is 0.685. The van der Waals surface area contributed by atoms with Crippen molar-refractivity contribution in [2.75, 3.05) is 53.0 Å². The van der Waals surface area contributed by atoms with Gasteiger partial charge in [-0.3, -0.25) is 9.59 Å². The second kappa shape index (κ2) is 11.1. The average Bonchev–Trinajstić information content (AvgIpc) is 3.28. The SMILES string of the molecule is COCCN1CCCC2(CCC(=O)N2CC(=O)N2CCCC2)CC1.O=C(O)C(F)(F)F. The van der Waals surface area contributed by atoms with Gasteiger partial charge in [-0.2, -0.15) is 13.2 Å². The first-order chi connectivity index (χ1) is 14.6. The van der Waals surface area contributed by atoms with Crippen LogP contribution < -0.4 is 0 Å². The van der Waals surface area contributed by atoms with E-state index in [-0.39, 0.29) is 23.9 Å². The smallest absolute Gasteiger partial charge is 0.475 e. The predicted molar refractivity (Wildman–Crippen MR) is 105 cm³/mol. The van der Waals surface area contributed by atoms with Crippen LogP contribution in [-0.2, 0) is 19.1 Å². The zero-order valence-corrected chi connectivity index (χ0v) is 18.0. The highest BCUT2D eigenvalue weighted by molar-refractivity contribution is 5.87. The lowest BCUT2D eigenvalue weighted by molar-refractivity contribution is -0.192. The van der Waals surface area contributed by atoms with Crippen LogP contribution in [0.25, 0.3) is 0 Å². The first-order valence-electron chi connectivity index (χ1n) is 10.7. The molecule has 178 valence electrons. The van der Waals surface area contributed by atoms with Gasteiger partial charge in [-0.05, 0) is 45.1 Å². The van der Waals surface area contributed by atoms with E-state index < -0.39 is 12.1 Å². The van der Waals surface area contributed by atoms with E-state index in [1.54, 1.807) is 7.11 Å². The van der Waals surface area contributed by atoms with Crippen molar-refractivity contribution < 1.29 is 37.4 Å². The number of nitrogens with zero attached hydrogens (tertiary/aromatic N) is 3. The lowest BCUT2D eigenvalue weighted by Gasteiger charge is -2.38. The normalized spacial score (nSPS) is 24.8. The molecule has 3 aliphatic rings. The highest BCUT2D eigenvalue weighted by Gasteiger charge is 2.46. The Balaban J connectivity index is 0.000000423. The number of alkyl halides is 3. The number of carboxylic acids is 1. The van der Waals surface area contributed by atoms with Crippen molar-refractivity contribution in [2.45, 2.75) is 56.7 Å². The molecule has 0 radical (unpaired) electrons. The third-order valence-electron chi connectivity index (χ3n) is 6.29. The third kappa shape index (κ3) is 7.06. The zero-order valence-electron chi connectivity index (χ0n) is 18.0. The number of carbonyl (C=O) groups is 3. The summed E-state index contributed by atoms with van der Waals surface area (Å²) in [5.41, 5.74) is -0.0890. The van der Waals surface area contributed by atoms with E-state index in [1.807, 2.05) is 9.80 Å². The summed E-state index contributed by atoms with van der Waals surface area (Å²) in [6.45, 7) is 5.77. The van der Waals surface area contributed by atoms with Gasteiger partial charge >= 0.3 is 12.1 Å². The maximum Gasteiger partial charge on any atom is 0.490 e. The number of carbonyl (C=O) groups excluding carboxylic acids is 2. The summed E-state index contributed by atoms with van der Waals surface area (Å²) in [5, 5.41) is 7.12. The summed E-state index contributed by atoms with van der Waals surface area (Å²) in [4.78, 5) is 40.3. The van der Waals surface area contributed by atoms with Crippen LogP contribution in [0, 0.1) is 0 Å². The summed E-state index contributed by atoms with van der Waals surface area (Å²) < 4.78 is 36.9. The van der Waals surface area contributed by atoms with Gasteiger partial charge in [-0.25, -0.2) is 4.79 Å². The molecule has 0 aliphatic carbocycles. The van der Waals surface area contributed by atoms with Gasteiger partial charge in [0.1, 0.15) is 6.54 Å². The molecule has 2 amide bonds. The number of hydrogen-bond donors (Lipinski definition) is 1. The van der Waals surface area contributed by atoms with Crippen LogP contribution in [0.2, 0.25) is 0 Å². The van der Waals surface area contributed by atoms with E-state index >= 15 is 0 Å². The van der Waals surface area contributed by atoms with E-state index in [1.165, 1.54) is 0 Å². The fourth-order valence-electron chi connectivity index (χ4n) is 4.53. The number of carboxylic acid groups (broad SMARTS) is 1. The molecule has 0 aromatic carbocycles. The first-order valence-corrected chi connectivity index (χ1v) is 10.7. The Morgan fingerprint density at radius 2 is 1.71 bits per heavy atom. The minimum Gasteiger partial charge on any atom is -0.475 e. The van der Waals surface area contributed by atoms with Gasteiger partial charge in [0, 0.05) is 45.2 Å². The standard InChI is InChI=1S/C18H31N3O3.C2HF3O2/c1-24-14-13-19-9-4-6-18(8-12-19)7-5-16(22)21(18)15-17(23)20-10-2-3-11-20;3-2(4,5)1(6)7/h2-15H2,1H3;(H,6,7). The van der Waals surface area contributed by atoms with Crippen molar-refractivity contribution in [3.8, 4) is 0 Å². The molecular formula is C20H32F3N3O5. The molecule has 1 atom stereocenters. The van der Waals surface area contributed by atoms with E-state index in [0.717, 1.165) is 77.9 Å². The Kier molecular flexibility index (Phi) is 9.11. The Bertz CT molecular complexity index is 640. The summed E-state index contributed by atoms with van der Waals surface area (Å²) in [6.07, 6.45) is 1.72. The molecule has 0 aromatic heterocycles. The molecule has 31 heavy (non-hydrogen) atoms. The first kappa shape index (κ1) is 25.4. The molecule has 0 saturated carbocycles. The van der Waals surface area contributed by atoms with Gasteiger partial charge < -0.3 is 24.5 Å². The molecule has 11 heteroatoms. The average molecular weight is 451 g/mol. The summed E-state index contributed by atoms with van der Waals surface area (Å²) in [7, 11) is 1.74. The lowest BCUT2D eigenvalue weighted by atomic mass is 9.87. The molecule has 1 unspecified atom stereocenters. The van der Waals surface area contributed by atoms with Crippen molar-refractivity contribution in [3.05, 3.63) is 0 Å². The number of amides is 2. The molecule has 8 nitrogen and oxygen atoms in total. The van der Waals surface area contributed by atoms with Crippen LogP contribution in [0.4, 0.5) is 13.2 Å². The molecule has 3 aliphatic heterocycles. The third-order valence-corrected chi connectivity index (χ3v) is 6.29. The van der Waals surface area contributed by atoms with Crippen molar-refractivity contribution >= 4 is 17.8 Å². The van der Waals surface area contributed by atoms with Crippen LogP contribution in [0.5, 0.6) is 0 Å². The Labute approximate surface area is 180 Å². The molecule has 3 saturated heterocycles. The second-order valence-corrected chi connectivity index (χ2v) is 8.28. The number of likely N-dealkylation sites (tertiary alicyclic amines) is 3. The summed E-state index contributed by atoms with van der Waals surface area (Å²) >= 11 is 0. The van der Waals surface area contributed by atoms with E-state index in [0.29, 0.717) is 6.42 Å². The highest BCUT2D eigenvalue weighted by atomic mass is 19.4. The summed E-state index contributed by atoms with van der Waals surface area (Å²) in [5.74, 6) is -2.44. The predicted octanol–water partition coefficient (Wildman–Crippen LogP) is 1.74. The van der Waals surface area contributed by atoms with Crippen molar-refractivity contribution in [3.63, 3.8) is 0 Å². The van der Waals surface area contributed by atoms with Gasteiger partial charge in [0.05, 0.1) is 6.61 Å². The fraction of sp³-hybridized carbons (Fsp3) is 0.850. The molecule has 0 aromatic rings. The van der Waals surface area contributed by atoms with Gasteiger partial charge in [0.2, 0.25) is 11.8 Å². The van der Waals surface area contributed by atoms with E-state index in [2.05, 4.69) is 4.90 Å². The molecule has 3 rings (SSSR count). The molecular weight excluding hydrogens is 419 g/mol. The van der Waals surface area contributed by atoms with Crippen LogP contribution >= 0.6 is 0 Å². The molecule has 3 fully saturated rings. The van der Waals surface area contributed by atoms with Gasteiger partial charge in [0.25, 0.3) is 0 Å². The number of methoxy groups -OCH3 is 1. The van der Waals surface area contributed by atoms with Crippen LogP contribution in [0.1, 0.15) is 44.9 Å². The fourth-order valence-corrected chi connectivity index (χ4v) is 4.53. The van der Waals surface area contributed by atoms with Crippen molar-refractivity contribution in [1.82, 2.24) is 14.7 Å². The minimum atomic E-state index is -5.08. The van der Waals surface area contributed by atoms with Crippen molar-refractivity contribution in [1.29, 1.82) is 0 Å². The number of hydrogen-bond acceptors (Lipinski definition) is 5. The lowest BCUT2D eigenvalue weighted by Crippen LogP contribution is -2.51. The Hall–Kier alpha value is -1.88. The zero-order chi connectivity index (χ0) is 23.1. The topological polar surface area (TPSA) is 90.4 Å².